The van der Waals surface area contributed by atoms with E-state index in [0.29, 0.717) is 0 Å². The highest BCUT2D eigenvalue weighted by atomic mass is 35.5. The number of fused-ring (bicyclic) bond motifs is 1. The third kappa shape index (κ3) is 2.99. The lowest BCUT2D eigenvalue weighted by molar-refractivity contribution is -0.120. The molecular weight excluding hydrogens is 272 g/mol. The number of nitrogens with one attached hydrogen (secondary N) is 1. The molecule has 1 saturated carbocycles. The summed E-state index contributed by atoms with van der Waals surface area (Å²) >= 11 is 0. The average molecular weight is 295 g/mol. The molecule has 1 fully saturated rings. The van der Waals surface area contributed by atoms with Crippen molar-refractivity contribution in [3.8, 4) is 0 Å². The van der Waals surface area contributed by atoms with Gasteiger partial charge in [0.05, 0.1) is 5.92 Å². The van der Waals surface area contributed by atoms with Crippen LogP contribution in [0.25, 0.3) is 0 Å². The van der Waals surface area contributed by atoms with Gasteiger partial charge in [-0.25, -0.2) is 0 Å². The van der Waals surface area contributed by atoms with Crippen LogP contribution in [0.2, 0.25) is 0 Å². The summed E-state index contributed by atoms with van der Waals surface area (Å²) in [6, 6.07) is 6.31. The van der Waals surface area contributed by atoms with Gasteiger partial charge in [0.2, 0.25) is 5.91 Å². The van der Waals surface area contributed by atoms with Crippen LogP contribution in [0.5, 0.6) is 0 Å². The Morgan fingerprint density at radius 1 is 1.15 bits per heavy atom. The van der Waals surface area contributed by atoms with E-state index in [-0.39, 0.29) is 30.3 Å². The average Bonchev–Trinajstić information content (AvgIpc) is 2.85. The number of nitrogens with two attached hydrogens (primary N) is 1. The molecule has 0 radical (unpaired) electrons. The molecular formula is C16H23ClN2O. The number of aryl methyl sites for hydroxylation is 1. The van der Waals surface area contributed by atoms with Crippen LogP contribution in [0.15, 0.2) is 18.2 Å². The number of anilines is 1. The summed E-state index contributed by atoms with van der Waals surface area (Å²) in [7, 11) is 0. The Morgan fingerprint density at radius 2 is 1.95 bits per heavy atom. The van der Waals surface area contributed by atoms with E-state index < -0.39 is 0 Å². The van der Waals surface area contributed by atoms with Crippen molar-refractivity contribution in [1.29, 1.82) is 0 Å². The first kappa shape index (κ1) is 15.3. The Labute approximate surface area is 126 Å². The molecule has 1 aromatic rings. The second-order valence-electron chi connectivity index (χ2n) is 5.84. The van der Waals surface area contributed by atoms with Gasteiger partial charge in [0, 0.05) is 11.7 Å². The van der Waals surface area contributed by atoms with Crippen molar-refractivity contribution < 1.29 is 4.79 Å². The van der Waals surface area contributed by atoms with Crippen molar-refractivity contribution in [2.45, 2.75) is 51.0 Å². The minimum atomic E-state index is -0.000512. The van der Waals surface area contributed by atoms with E-state index in [2.05, 4.69) is 11.4 Å². The van der Waals surface area contributed by atoms with Gasteiger partial charge >= 0.3 is 0 Å². The van der Waals surface area contributed by atoms with Crippen LogP contribution in [-0.4, -0.2) is 11.9 Å². The smallest absolute Gasteiger partial charge is 0.229 e. The zero-order valence-corrected chi connectivity index (χ0v) is 12.5. The first-order valence-electron chi connectivity index (χ1n) is 7.43. The molecule has 0 bridgehead atoms. The van der Waals surface area contributed by atoms with Gasteiger partial charge in [-0.2, -0.15) is 0 Å². The maximum absolute atomic E-state index is 12.3. The van der Waals surface area contributed by atoms with Crippen LogP contribution in [0.4, 0.5) is 5.69 Å². The number of benzene rings is 1. The first-order chi connectivity index (χ1) is 9.25. The zero-order chi connectivity index (χ0) is 13.2. The Hall–Kier alpha value is -1.06. The lowest BCUT2D eigenvalue weighted by Gasteiger charge is -2.21. The van der Waals surface area contributed by atoms with Gasteiger partial charge in [0.15, 0.2) is 0 Å². The molecule has 1 aromatic carbocycles. The second kappa shape index (κ2) is 6.59. The summed E-state index contributed by atoms with van der Waals surface area (Å²) in [5.74, 6) is 0.114. The molecule has 2 atom stereocenters. The molecule has 3 rings (SSSR count). The molecule has 3 N–H and O–H groups in total. The molecule has 3 nitrogen and oxygen atoms in total. The van der Waals surface area contributed by atoms with Gasteiger partial charge in [-0.15, -0.1) is 12.4 Å². The maximum Gasteiger partial charge on any atom is 0.229 e. The number of carbonyl (C=O) groups is 1. The van der Waals surface area contributed by atoms with E-state index >= 15 is 0 Å². The predicted molar refractivity (Wildman–Crippen MR) is 84.3 cm³/mol. The lowest BCUT2D eigenvalue weighted by atomic mass is 9.90. The molecule has 0 aromatic heterocycles. The molecule has 1 amide bonds. The molecule has 0 heterocycles. The molecule has 4 heteroatoms. The second-order valence-corrected chi connectivity index (χ2v) is 5.84. The van der Waals surface area contributed by atoms with Gasteiger partial charge in [-0.1, -0.05) is 18.6 Å². The van der Waals surface area contributed by atoms with Crippen LogP contribution in [0.1, 0.15) is 43.2 Å². The normalized spacial score (nSPS) is 24.6. The maximum atomic E-state index is 12.3. The van der Waals surface area contributed by atoms with Crippen LogP contribution in [0.3, 0.4) is 0 Å². The Balaban J connectivity index is 0.00000147. The summed E-state index contributed by atoms with van der Waals surface area (Å²) in [4.78, 5) is 12.3. The number of hydrogen-bond donors (Lipinski definition) is 2. The minimum absolute atomic E-state index is 0. The molecule has 2 aliphatic carbocycles. The van der Waals surface area contributed by atoms with E-state index in [9.17, 15) is 4.79 Å². The Kier molecular flexibility index (Phi) is 5.06. The topological polar surface area (TPSA) is 55.1 Å². The number of carbonyl (C=O) groups excluding carboxylic acids is 1. The number of rotatable bonds is 2. The van der Waals surface area contributed by atoms with Crippen LogP contribution in [0, 0.1) is 5.92 Å². The van der Waals surface area contributed by atoms with Gasteiger partial charge in [0.25, 0.3) is 0 Å². The largest absolute Gasteiger partial charge is 0.327 e. The standard InChI is InChI=1S/C16H22N2O.ClH/c17-14-9-4-8-13(14)16(19)18-15-10-3-6-11-5-1-2-7-12(11)15;/h3,6,10,13-14H,1-2,4-5,7-9,17H2,(H,18,19);1H. The van der Waals surface area contributed by atoms with E-state index in [0.717, 1.165) is 37.8 Å². The highest BCUT2D eigenvalue weighted by Gasteiger charge is 2.30. The van der Waals surface area contributed by atoms with E-state index in [1.54, 1.807) is 0 Å². The van der Waals surface area contributed by atoms with Gasteiger partial charge in [-0.3, -0.25) is 4.79 Å². The molecule has 20 heavy (non-hydrogen) atoms. The van der Waals surface area contributed by atoms with Gasteiger partial charge in [-0.05, 0) is 55.7 Å². The first-order valence-corrected chi connectivity index (χ1v) is 7.43. The molecule has 110 valence electrons. The highest BCUT2D eigenvalue weighted by molar-refractivity contribution is 5.94. The van der Waals surface area contributed by atoms with Crippen molar-refractivity contribution in [3.05, 3.63) is 29.3 Å². The molecule has 2 unspecified atom stereocenters. The quantitative estimate of drug-likeness (QED) is 0.881. The van der Waals surface area contributed by atoms with Crippen molar-refractivity contribution in [3.63, 3.8) is 0 Å². The fraction of sp³-hybridized carbons (Fsp3) is 0.562. The summed E-state index contributed by atoms with van der Waals surface area (Å²) in [5.41, 5.74) is 9.77. The van der Waals surface area contributed by atoms with E-state index in [1.165, 1.54) is 24.0 Å². The van der Waals surface area contributed by atoms with Crippen LogP contribution in [-0.2, 0) is 17.6 Å². The summed E-state index contributed by atoms with van der Waals surface area (Å²) in [6.45, 7) is 0. The monoisotopic (exact) mass is 294 g/mol. The number of hydrogen-bond acceptors (Lipinski definition) is 2. The summed E-state index contributed by atoms with van der Waals surface area (Å²) < 4.78 is 0. The molecule has 0 aliphatic heterocycles. The van der Waals surface area contributed by atoms with E-state index in [1.807, 2.05) is 12.1 Å². The van der Waals surface area contributed by atoms with Crippen molar-refractivity contribution in [2.75, 3.05) is 5.32 Å². The fourth-order valence-corrected chi connectivity index (χ4v) is 3.44. The molecule has 2 aliphatic rings. The lowest BCUT2D eigenvalue weighted by Crippen LogP contribution is -2.34. The third-order valence-electron chi connectivity index (χ3n) is 4.56. The fourth-order valence-electron chi connectivity index (χ4n) is 3.44. The number of amides is 1. The Bertz CT molecular complexity index is 489. The van der Waals surface area contributed by atoms with Crippen LogP contribution >= 0.6 is 12.4 Å². The number of halogens is 1. The van der Waals surface area contributed by atoms with Crippen molar-refractivity contribution in [1.82, 2.24) is 0 Å². The Morgan fingerprint density at radius 3 is 2.70 bits per heavy atom. The minimum Gasteiger partial charge on any atom is -0.327 e. The van der Waals surface area contributed by atoms with E-state index in [4.69, 9.17) is 5.73 Å². The van der Waals surface area contributed by atoms with Crippen molar-refractivity contribution in [2.24, 2.45) is 11.7 Å². The zero-order valence-electron chi connectivity index (χ0n) is 11.7. The predicted octanol–water partition coefficient (Wildman–Crippen LogP) is 3.05. The van der Waals surface area contributed by atoms with Gasteiger partial charge < -0.3 is 11.1 Å². The van der Waals surface area contributed by atoms with Gasteiger partial charge in [0.1, 0.15) is 0 Å². The summed E-state index contributed by atoms with van der Waals surface area (Å²) in [5, 5.41) is 3.12. The highest BCUT2D eigenvalue weighted by Crippen LogP contribution is 2.30. The third-order valence-corrected chi connectivity index (χ3v) is 4.56. The SMILES string of the molecule is Cl.NC1CCCC1C(=O)Nc1cccc2c1CCCC2. The van der Waals surface area contributed by atoms with Crippen LogP contribution < -0.4 is 11.1 Å². The molecule has 0 spiro atoms. The summed E-state index contributed by atoms with van der Waals surface area (Å²) in [6.07, 6.45) is 7.70. The molecule has 0 saturated heterocycles. The van der Waals surface area contributed by atoms with Crippen molar-refractivity contribution >= 4 is 24.0 Å².